The van der Waals surface area contributed by atoms with Crippen LogP contribution in [0.3, 0.4) is 0 Å². The van der Waals surface area contributed by atoms with E-state index in [0.29, 0.717) is 12.1 Å². The van der Waals surface area contributed by atoms with Crippen molar-refractivity contribution in [2.75, 3.05) is 71.1 Å². The molecule has 0 aromatic heterocycles. The molecular formula is C38H70O10S4Si4. The number of rotatable bonds is 29. The number of hydrogen-bond acceptors (Lipinski definition) is 14. The Bertz CT molecular complexity index is 1230. The van der Waals surface area contributed by atoms with E-state index in [4.69, 9.17) is 44.3 Å². The third-order valence-electron chi connectivity index (χ3n) is 11.0. The maximum atomic E-state index is 6.60. The molecule has 2 rings (SSSR count). The first-order valence-corrected chi connectivity index (χ1v) is 31.6. The van der Waals surface area contributed by atoms with E-state index in [1.165, 1.54) is 0 Å². The molecule has 0 aliphatic heterocycles. The van der Waals surface area contributed by atoms with Gasteiger partial charge in [-0.1, -0.05) is 124 Å². The van der Waals surface area contributed by atoms with Crippen LogP contribution in [0.15, 0.2) is 60.7 Å². The summed E-state index contributed by atoms with van der Waals surface area (Å²) in [6.45, 7) is 13.7. The van der Waals surface area contributed by atoms with Crippen LogP contribution in [0, 0.1) is 23.7 Å². The summed E-state index contributed by atoms with van der Waals surface area (Å²) in [7, 11) is 12.8. The fraction of sp³-hybridized carbons (Fsp3) is 0.684. The van der Waals surface area contributed by atoms with E-state index in [0.717, 1.165) is 10.4 Å². The van der Waals surface area contributed by atoms with Gasteiger partial charge in [0.25, 0.3) is 0 Å². The molecule has 56 heavy (non-hydrogen) atoms. The summed E-state index contributed by atoms with van der Waals surface area (Å²) in [5.74, 6) is 0.705. The molecule has 2 aromatic rings. The van der Waals surface area contributed by atoms with E-state index in [9.17, 15) is 0 Å². The molecule has 0 heterocycles. The van der Waals surface area contributed by atoms with Crippen LogP contribution in [0.25, 0.3) is 0 Å². The zero-order chi connectivity index (χ0) is 42.2. The molecule has 0 saturated heterocycles. The fourth-order valence-electron chi connectivity index (χ4n) is 8.14. The van der Waals surface area contributed by atoms with Gasteiger partial charge in [-0.25, -0.2) is 0 Å². The average Bonchev–Trinajstić information content (AvgIpc) is 3.22. The van der Waals surface area contributed by atoms with E-state index >= 15 is 0 Å². The summed E-state index contributed by atoms with van der Waals surface area (Å²) >= 11 is 0. The molecule has 0 saturated carbocycles. The van der Waals surface area contributed by atoms with Crippen LogP contribution in [0.4, 0.5) is 0 Å². The molecule has 0 radical (unpaired) electrons. The van der Waals surface area contributed by atoms with Crippen LogP contribution >= 0.6 is 41.2 Å². The van der Waals surface area contributed by atoms with Crippen molar-refractivity contribution < 1.29 is 44.3 Å². The second kappa shape index (κ2) is 25.3. The summed E-state index contributed by atoms with van der Waals surface area (Å²) < 4.78 is 62.3. The Morgan fingerprint density at radius 3 is 0.893 bits per heavy atom. The highest BCUT2D eigenvalue weighted by atomic mass is 33.7. The van der Waals surface area contributed by atoms with Gasteiger partial charge in [-0.15, -0.1) is 0 Å². The van der Waals surface area contributed by atoms with Crippen molar-refractivity contribution in [2.24, 2.45) is 23.7 Å². The van der Waals surface area contributed by atoms with Crippen molar-refractivity contribution in [3.63, 3.8) is 0 Å². The minimum Gasteiger partial charge on any atom is -0.394 e. The van der Waals surface area contributed by atoms with Gasteiger partial charge >= 0.3 is 34.7 Å². The van der Waals surface area contributed by atoms with Gasteiger partial charge in [-0.05, 0) is 53.7 Å². The predicted octanol–water partition coefficient (Wildman–Crippen LogP) is 8.77. The summed E-state index contributed by atoms with van der Waals surface area (Å²) in [5.41, 5.74) is 0.121. The molecular weight excluding hydrogens is 857 g/mol. The number of hydrogen-bond donors (Lipinski definition) is 0. The van der Waals surface area contributed by atoms with Gasteiger partial charge in [0.05, 0.1) is 0 Å². The molecule has 0 spiro atoms. The van der Waals surface area contributed by atoms with Crippen LogP contribution in [0.2, 0.25) is 23.2 Å². The first kappa shape index (κ1) is 52.4. The lowest BCUT2D eigenvalue weighted by atomic mass is 9.99. The van der Waals surface area contributed by atoms with E-state index < -0.39 is 34.7 Å². The molecule has 18 heteroatoms. The van der Waals surface area contributed by atoms with Gasteiger partial charge in [-0.3, -0.25) is 0 Å². The van der Waals surface area contributed by atoms with Crippen molar-refractivity contribution >= 4 is 86.3 Å². The van der Waals surface area contributed by atoms with Gasteiger partial charge < -0.3 is 44.3 Å². The lowest BCUT2D eigenvalue weighted by molar-refractivity contribution is 0.117. The monoisotopic (exact) mass is 926 g/mol. The van der Waals surface area contributed by atoms with Crippen molar-refractivity contribution in [2.45, 2.75) is 75.2 Å². The maximum absolute atomic E-state index is 6.60. The predicted molar refractivity (Wildman–Crippen MR) is 248 cm³/mol. The fourth-order valence-corrected chi connectivity index (χ4v) is 30.6. The molecule has 322 valence electrons. The van der Waals surface area contributed by atoms with Gasteiger partial charge in [-0.2, -0.15) is 0 Å². The van der Waals surface area contributed by atoms with Crippen LogP contribution < -0.4 is 10.4 Å². The first-order chi connectivity index (χ1) is 26.7. The lowest BCUT2D eigenvalue weighted by Crippen LogP contribution is -2.61. The molecule has 0 fully saturated rings. The summed E-state index contributed by atoms with van der Waals surface area (Å²) in [6, 6.07) is 22.2. The van der Waals surface area contributed by atoms with Crippen LogP contribution in [-0.4, -0.2) is 116 Å². The van der Waals surface area contributed by atoms with Crippen LogP contribution in [-0.2, 0) is 44.3 Å². The highest BCUT2D eigenvalue weighted by Gasteiger charge is 2.56. The zero-order valence-corrected chi connectivity index (χ0v) is 43.8. The SMILES string of the molecule is CO[Si](CC(C)C(SSSSC(C(C)C[Si](OC)(OC)OC)C(C(C)C)[Si](OC)(OC)c1ccccc1)C(C(C)C)[Si](OC)(OC)c1ccccc1)(OC)OC. The Hall–Kier alpha value is 0.308. The Kier molecular flexibility index (Phi) is 23.7. The van der Waals surface area contributed by atoms with Gasteiger partial charge in [0.2, 0.25) is 0 Å². The first-order valence-electron chi connectivity index (χ1n) is 19.0. The summed E-state index contributed by atoms with van der Waals surface area (Å²) in [6.07, 6.45) is 0. The van der Waals surface area contributed by atoms with E-state index in [1.807, 2.05) is 33.7 Å². The van der Waals surface area contributed by atoms with Crippen molar-refractivity contribution in [1.29, 1.82) is 0 Å². The Morgan fingerprint density at radius 1 is 0.411 bits per heavy atom. The normalized spacial score (nSPS) is 16.5. The molecule has 0 aliphatic rings. The van der Waals surface area contributed by atoms with Gasteiger partial charge in [0, 0.05) is 105 Å². The Balaban J connectivity index is 2.68. The molecule has 6 atom stereocenters. The highest BCUT2D eigenvalue weighted by Crippen LogP contribution is 2.58. The highest BCUT2D eigenvalue weighted by molar-refractivity contribution is 9.26. The molecule has 0 bridgehead atoms. The number of benzene rings is 2. The summed E-state index contributed by atoms with van der Waals surface area (Å²) in [5, 5.41) is 2.38. The lowest BCUT2D eigenvalue weighted by Gasteiger charge is -2.44. The Labute approximate surface area is 359 Å². The van der Waals surface area contributed by atoms with Crippen LogP contribution in [0.5, 0.6) is 0 Å². The van der Waals surface area contributed by atoms with Gasteiger partial charge in [0.15, 0.2) is 0 Å². The van der Waals surface area contributed by atoms with Gasteiger partial charge in [0.1, 0.15) is 0 Å². The molecule has 6 unspecified atom stereocenters. The molecule has 0 aliphatic carbocycles. The second-order valence-corrected chi connectivity index (χ2v) is 33.6. The third kappa shape index (κ3) is 12.5. The third-order valence-corrected chi connectivity index (χ3v) is 33.6. The standard InChI is InChI=1S/C38H70O10S4Si4/c1-29(2)37(55(45-13,46-14)33-23-19-17-20-24-33)35(31(5)27-53(39-7,40-8)41-9)49-51-52-50-36(32(6)28-54(42-10,43-11)44-12)38(30(3)4)56(47-15,48-16)34-25-21-18-22-26-34/h17-26,29-32,35-38H,27-28H2,1-16H3. The van der Waals surface area contributed by atoms with E-state index in [-0.39, 0.29) is 45.3 Å². The second-order valence-electron chi connectivity index (χ2n) is 14.6. The Morgan fingerprint density at radius 2 is 0.679 bits per heavy atom. The minimum atomic E-state index is -3.01. The van der Waals surface area contributed by atoms with Crippen LogP contribution in [0.1, 0.15) is 41.5 Å². The minimum absolute atomic E-state index is 0.0604. The molecule has 10 nitrogen and oxygen atoms in total. The largest absolute Gasteiger partial charge is 0.500 e. The topological polar surface area (TPSA) is 92.3 Å². The summed E-state index contributed by atoms with van der Waals surface area (Å²) in [4.78, 5) is 0. The van der Waals surface area contributed by atoms with E-state index in [2.05, 4.69) is 90.1 Å². The van der Waals surface area contributed by atoms with E-state index in [1.54, 1.807) is 90.7 Å². The zero-order valence-electron chi connectivity index (χ0n) is 36.5. The van der Waals surface area contributed by atoms with Crippen molar-refractivity contribution in [1.82, 2.24) is 0 Å². The smallest absolute Gasteiger partial charge is 0.394 e. The molecule has 0 amide bonds. The average molecular weight is 928 g/mol. The quantitative estimate of drug-likeness (QED) is 0.0443. The maximum Gasteiger partial charge on any atom is 0.500 e. The van der Waals surface area contributed by atoms with Crippen molar-refractivity contribution in [3.05, 3.63) is 60.7 Å². The molecule has 2 aromatic carbocycles. The molecule has 0 N–H and O–H groups in total. The van der Waals surface area contributed by atoms with Crippen molar-refractivity contribution in [3.8, 4) is 0 Å².